The predicted octanol–water partition coefficient (Wildman–Crippen LogP) is 1.97. The molecule has 1 aliphatic rings. The second-order valence-corrected chi connectivity index (χ2v) is 6.91. The molecule has 1 aromatic carbocycles. The summed E-state index contributed by atoms with van der Waals surface area (Å²) in [6, 6.07) is 6.05. The number of rotatable bonds is 2. The first kappa shape index (κ1) is 17.3. The molecule has 1 fully saturated rings. The molecule has 1 aliphatic heterocycles. The Bertz CT molecular complexity index is 997. The van der Waals surface area contributed by atoms with E-state index in [9.17, 15) is 4.79 Å². The lowest BCUT2D eigenvalue weighted by atomic mass is 10.2. The number of amides is 1. The van der Waals surface area contributed by atoms with Gasteiger partial charge in [0.15, 0.2) is 17.3 Å². The molecule has 0 saturated carbocycles. The standard InChI is InChI=1S/C19H23N7O/c1-12-4-5-14-15(10-12)23-19(22-14)17-18(20)21-11-16(24-17)26-7-3-6-25(8-9-26)13(2)27/h4-5,10-11H,3,6-9H2,1-2H3,(H2,20,21)(H,22,23). The maximum Gasteiger partial charge on any atom is 0.219 e. The van der Waals surface area contributed by atoms with Crippen molar-refractivity contribution in [2.45, 2.75) is 20.3 Å². The van der Waals surface area contributed by atoms with Crippen molar-refractivity contribution in [2.24, 2.45) is 0 Å². The van der Waals surface area contributed by atoms with Crippen molar-refractivity contribution in [3.63, 3.8) is 0 Å². The molecule has 1 saturated heterocycles. The summed E-state index contributed by atoms with van der Waals surface area (Å²) >= 11 is 0. The molecule has 0 atom stereocenters. The van der Waals surface area contributed by atoms with Crippen LogP contribution in [0.5, 0.6) is 0 Å². The second kappa shape index (κ2) is 6.86. The van der Waals surface area contributed by atoms with Gasteiger partial charge in [-0.1, -0.05) is 6.07 Å². The van der Waals surface area contributed by atoms with Gasteiger partial charge in [0.25, 0.3) is 0 Å². The first-order chi connectivity index (χ1) is 13.0. The molecule has 0 unspecified atom stereocenters. The molecule has 4 rings (SSSR count). The van der Waals surface area contributed by atoms with Crippen molar-refractivity contribution < 1.29 is 4.79 Å². The van der Waals surface area contributed by atoms with Crippen molar-refractivity contribution in [1.29, 1.82) is 0 Å². The number of hydrogen-bond donors (Lipinski definition) is 2. The van der Waals surface area contributed by atoms with Crippen molar-refractivity contribution >= 4 is 28.6 Å². The average Bonchev–Trinajstić information content (AvgIpc) is 2.89. The fraction of sp³-hybridized carbons (Fsp3) is 0.368. The van der Waals surface area contributed by atoms with Crippen LogP contribution in [-0.4, -0.2) is 56.9 Å². The van der Waals surface area contributed by atoms with Gasteiger partial charge in [0.2, 0.25) is 5.91 Å². The third kappa shape index (κ3) is 3.42. The lowest BCUT2D eigenvalue weighted by Crippen LogP contribution is -2.34. The smallest absolute Gasteiger partial charge is 0.219 e. The van der Waals surface area contributed by atoms with Gasteiger partial charge in [0, 0.05) is 33.1 Å². The van der Waals surface area contributed by atoms with E-state index in [0.717, 1.165) is 48.5 Å². The van der Waals surface area contributed by atoms with Crippen LogP contribution in [0, 0.1) is 6.92 Å². The minimum atomic E-state index is 0.110. The highest BCUT2D eigenvalue weighted by atomic mass is 16.2. The monoisotopic (exact) mass is 365 g/mol. The molecule has 0 aliphatic carbocycles. The normalized spacial score (nSPS) is 15.2. The van der Waals surface area contributed by atoms with Gasteiger partial charge in [-0.25, -0.2) is 15.0 Å². The van der Waals surface area contributed by atoms with Gasteiger partial charge in [0.05, 0.1) is 17.2 Å². The molecule has 1 amide bonds. The Hall–Kier alpha value is -3.16. The lowest BCUT2D eigenvalue weighted by Gasteiger charge is -2.22. The van der Waals surface area contributed by atoms with Gasteiger partial charge >= 0.3 is 0 Å². The predicted molar refractivity (Wildman–Crippen MR) is 105 cm³/mol. The Morgan fingerprint density at radius 3 is 2.85 bits per heavy atom. The Morgan fingerprint density at radius 1 is 1.19 bits per heavy atom. The maximum atomic E-state index is 11.6. The molecule has 8 heteroatoms. The summed E-state index contributed by atoms with van der Waals surface area (Å²) in [5, 5.41) is 0. The third-order valence-corrected chi connectivity index (χ3v) is 4.91. The summed E-state index contributed by atoms with van der Waals surface area (Å²) in [6.45, 7) is 6.64. The molecular formula is C19H23N7O. The zero-order chi connectivity index (χ0) is 19.0. The van der Waals surface area contributed by atoms with E-state index in [1.807, 2.05) is 30.0 Å². The van der Waals surface area contributed by atoms with Crippen LogP contribution in [0.25, 0.3) is 22.6 Å². The van der Waals surface area contributed by atoms with E-state index >= 15 is 0 Å². The van der Waals surface area contributed by atoms with Crippen molar-refractivity contribution in [2.75, 3.05) is 36.8 Å². The van der Waals surface area contributed by atoms with Crippen LogP contribution in [0.2, 0.25) is 0 Å². The Morgan fingerprint density at radius 2 is 2.04 bits per heavy atom. The number of aromatic amines is 1. The number of aryl methyl sites for hydroxylation is 1. The van der Waals surface area contributed by atoms with Gasteiger partial charge in [-0.3, -0.25) is 4.79 Å². The zero-order valence-electron chi connectivity index (χ0n) is 15.6. The molecule has 8 nitrogen and oxygen atoms in total. The number of carbonyl (C=O) groups excluding carboxylic acids is 1. The van der Waals surface area contributed by atoms with E-state index in [0.29, 0.717) is 23.9 Å². The van der Waals surface area contributed by atoms with Crippen LogP contribution < -0.4 is 10.6 Å². The van der Waals surface area contributed by atoms with Crippen LogP contribution in [0.1, 0.15) is 18.9 Å². The number of nitrogen functional groups attached to an aromatic ring is 1. The van der Waals surface area contributed by atoms with Crippen LogP contribution >= 0.6 is 0 Å². The highest BCUT2D eigenvalue weighted by Crippen LogP contribution is 2.25. The van der Waals surface area contributed by atoms with Gasteiger partial charge in [-0.2, -0.15) is 0 Å². The topological polar surface area (TPSA) is 104 Å². The fourth-order valence-electron chi connectivity index (χ4n) is 3.41. The van der Waals surface area contributed by atoms with Gasteiger partial charge < -0.3 is 20.5 Å². The Labute approximate surface area is 157 Å². The molecule has 3 N–H and O–H groups in total. The molecule has 27 heavy (non-hydrogen) atoms. The summed E-state index contributed by atoms with van der Waals surface area (Å²) in [4.78, 5) is 32.6. The summed E-state index contributed by atoms with van der Waals surface area (Å²) in [6.07, 6.45) is 2.58. The SMILES string of the molecule is CC(=O)N1CCCN(c2cnc(N)c(-c3nc4ccc(C)cc4[nH]3)n2)CC1. The molecule has 0 bridgehead atoms. The number of benzene rings is 1. The fourth-order valence-corrected chi connectivity index (χ4v) is 3.41. The van der Waals surface area contributed by atoms with Crippen LogP contribution in [-0.2, 0) is 4.79 Å². The molecule has 0 radical (unpaired) electrons. The summed E-state index contributed by atoms with van der Waals surface area (Å²) in [5.41, 5.74) is 9.62. The van der Waals surface area contributed by atoms with Crippen LogP contribution in [0.3, 0.4) is 0 Å². The first-order valence-corrected chi connectivity index (χ1v) is 9.11. The second-order valence-electron chi connectivity index (χ2n) is 6.91. The molecule has 3 heterocycles. The maximum absolute atomic E-state index is 11.6. The van der Waals surface area contributed by atoms with E-state index in [4.69, 9.17) is 10.7 Å². The number of nitrogens with two attached hydrogens (primary N) is 1. The van der Waals surface area contributed by atoms with Crippen molar-refractivity contribution in [3.8, 4) is 11.5 Å². The average molecular weight is 365 g/mol. The van der Waals surface area contributed by atoms with Crippen molar-refractivity contribution in [3.05, 3.63) is 30.0 Å². The molecule has 3 aromatic rings. The Balaban J connectivity index is 1.65. The number of fused-ring (bicyclic) bond motifs is 1. The van der Waals surface area contributed by atoms with Gasteiger partial charge in [-0.05, 0) is 31.0 Å². The number of aromatic nitrogens is 4. The van der Waals surface area contributed by atoms with E-state index < -0.39 is 0 Å². The number of H-pyrrole nitrogens is 1. The third-order valence-electron chi connectivity index (χ3n) is 4.91. The van der Waals surface area contributed by atoms with Crippen LogP contribution in [0.15, 0.2) is 24.4 Å². The van der Waals surface area contributed by atoms with E-state index in [-0.39, 0.29) is 5.91 Å². The van der Waals surface area contributed by atoms with E-state index in [2.05, 4.69) is 19.9 Å². The summed E-state index contributed by atoms with van der Waals surface area (Å²) in [5.74, 6) is 1.82. The molecule has 0 spiro atoms. The minimum absolute atomic E-state index is 0.110. The summed E-state index contributed by atoms with van der Waals surface area (Å²) in [7, 11) is 0. The number of nitrogens with one attached hydrogen (secondary N) is 1. The summed E-state index contributed by atoms with van der Waals surface area (Å²) < 4.78 is 0. The van der Waals surface area contributed by atoms with Crippen LogP contribution in [0.4, 0.5) is 11.6 Å². The number of anilines is 2. The zero-order valence-corrected chi connectivity index (χ0v) is 15.6. The molecule has 2 aromatic heterocycles. The molecule has 140 valence electrons. The quantitative estimate of drug-likeness (QED) is 0.719. The van der Waals surface area contributed by atoms with Gasteiger partial charge in [0.1, 0.15) is 5.82 Å². The largest absolute Gasteiger partial charge is 0.382 e. The number of nitrogens with zero attached hydrogens (tertiary/aromatic N) is 5. The number of hydrogen-bond acceptors (Lipinski definition) is 6. The highest BCUT2D eigenvalue weighted by molar-refractivity contribution is 5.81. The molecular weight excluding hydrogens is 342 g/mol. The first-order valence-electron chi connectivity index (χ1n) is 9.11. The Kier molecular flexibility index (Phi) is 4.39. The number of imidazole rings is 1. The van der Waals surface area contributed by atoms with Gasteiger partial charge in [-0.15, -0.1) is 0 Å². The van der Waals surface area contributed by atoms with Crippen molar-refractivity contribution in [1.82, 2.24) is 24.8 Å². The minimum Gasteiger partial charge on any atom is -0.382 e. The highest BCUT2D eigenvalue weighted by Gasteiger charge is 2.20. The van der Waals surface area contributed by atoms with E-state index in [1.54, 1.807) is 13.1 Å². The van der Waals surface area contributed by atoms with E-state index in [1.165, 1.54) is 0 Å². The lowest BCUT2D eigenvalue weighted by molar-refractivity contribution is -0.128. The number of carbonyl (C=O) groups is 1.